The van der Waals surface area contributed by atoms with Crippen molar-refractivity contribution in [1.29, 1.82) is 0 Å². The predicted molar refractivity (Wildman–Crippen MR) is 93.0 cm³/mol. The van der Waals surface area contributed by atoms with Crippen molar-refractivity contribution in [2.24, 2.45) is 0 Å². The molecule has 26 heavy (non-hydrogen) atoms. The number of hydrogen-bond donors (Lipinski definition) is 1. The van der Waals surface area contributed by atoms with Crippen LogP contribution in [0.4, 0.5) is 18.3 Å². The minimum atomic E-state index is -4.55. The van der Waals surface area contributed by atoms with E-state index in [2.05, 4.69) is 10.3 Å². The highest BCUT2D eigenvalue weighted by Crippen LogP contribution is 2.30. The van der Waals surface area contributed by atoms with Crippen LogP contribution in [-0.4, -0.2) is 33.8 Å². The van der Waals surface area contributed by atoms with E-state index in [-0.39, 0.29) is 12.1 Å². The van der Waals surface area contributed by atoms with Crippen LogP contribution >= 0.6 is 11.3 Å². The maximum absolute atomic E-state index is 12.9. The monoisotopic (exact) mass is 385 g/mol. The summed E-state index contributed by atoms with van der Waals surface area (Å²) in [6.45, 7) is 4.80. The highest BCUT2D eigenvalue weighted by molar-refractivity contribution is 7.13. The number of carbonyl (C=O) groups excluding carboxylic acids is 2. The second-order valence-corrected chi connectivity index (χ2v) is 7.42. The number of hydrogen-bond acceptors (Lipinski definition) is 4. The zero-order valence-electron chi connectivity index (χ0n) is 14.4. The molecule has 140 valence electrons. The van der Waals surface area contributed by atoms with Gasteiger partial charge in [0.15, 0.2) is 5.13 Å². The number of aromatic nitrogens is 1. The van der Waals surface area contributed by atoms with Gasteiger partial charge in [-0.05, 0) is 39.0 Å². The minimum absolute atomic E-state index is 0.128. The third-order valence-corrected chi connectivity index (χ3v) is 4.16. The summed E-state index contributed by atoms with van der Waals surface area (Å²) in [7, 11) is 0. The van der Waals surface area contributed by atoms with Gasteiger partial charge in [-0.15, -0.1) is 11.3 Å². The largest absolute Gasteiger partial charge is 0.416 e. The molecular weight excluding hydrogens is 367 g/mol. The molecule has 0 saturated heterocycles. The summed E-state index contributed by atoms with van der Waals surface area (Å²) in [6, 6.07) is 4.16. The Kier molecular flexibility index (Phi) is 5.70. The molecular formula is C17H18F3N3O2S. The summed E-state index contributed by atoms with van der Waals surface area (Å²) in [4.78, 5) is 30.1. The van der Waals surface area contributed by atoms with Gasteiger partial charge in [0.05, 0.1) is 5.56 Å². The van der Waals surface area contributed by atoms with Gasteiger partial charge in [0.25, 0.3) is 5.91 Å². The minimum Gasteiger partial charge on any atom is -0.324 e. The maximum Gasteiger partial charge on any atom is 0.416 e. The third-order valence-electron chi connectivity index (χ3n) is 3.47. The van der Waals surface area contributed by atoms with Crippen molar-refractivity contribution in [3.8, 4) is 0 Å². The highest BCUT2D eigenvalue weighted by atomic mass is 32.1. The second kappa shape index (κ2) is 7.45. The van der Waals surface area contributed by atoms with Gasteiger partial charge in [-0.25, -0.2) is 4.98 Å². The van der Waals surface area contributed by atoms with Gasteiger partial charge in [0.1, 0.15) is 6.54 Å². The predicted octanol–water partition coefficient (Wildman–Crippen LogP) is 4.04. The first kappa shape index (κ1) is 19.9. The summed E-state index contributed by atoms with van der Waals surface area (Å²) in [6.07, 6.45) is -3.03. The average molecular weight is 385 g/mol. The second-order valence-electron chi connectivity index (χ2n) is 6.53. The molecule has 0 atom stereocenters. The zero-order chi connectivity index (χ0) is 19.5. The van der Waals surface area contributed by atoms with E-state index in [1.807, 2.05) is 0 Å². The summed E-state index contributed by atoms with van der Waals surface area (Å²) >= 11 is 1.22. The van der Waals surface area contributed by atoms with Crippen LogP contribution in [0.5, 0.6) is 0 Å². The number of nitrogens with one attached hydrogen (secondary N) is 1. The number of amides is 2. The van der Waals surface area contributed by atoms with E-state index in [4.69, 9.17) is 0 Å². The SMILES string of the molecule is CC(C)(C)N(CC(=O)Nc1nccs1)C(=O)c1cccc(C(F)(F)F)c1. The van der Waals surface area contributed by atoms with Gasteiger partial charge in [-0.1, -0.05) is 6.07 Å². The molecule has 0 fully saturated rings. The van der Waals surface area contributed by atoms with Crippen LogP contribution in [0.25, 0.3) is 0 Å². The summed E-state index contributed by atoms with van der Waals surface area (Å²) in [5, 5.41) is 4.63. The molecule has 1 heterocycles. The van der Waals surface area contributed by atoms with E-state index < -0.39 is 29.1 Å². The molecule has 1 N–H and O–H groups in total. The number of thiazole rings is 1. The Bertz CT molecular complexity index is 783. The number of anilines is 1. The van der Waals surface area contributed by atoms with Gasteiger partial charge < -0.3 is 10.2 Å². The number of benzene rings is 1. The fraction of sp³-hybridized carbons (Fsp3) is 0.353. The van der Waals surface area contributed by atoms with Crippen LogP contribution < -0.4 is 5.32 Å². The number of carbonyl (C=O) groups is 2. The van der Waals surface area contributed by atoms with Crippen molar-refractivity contribution < 1.29 is 22.8 Å². The van der Waals surface area contributed by atoms with Gasteiger partial charge in [-0.2, -0.15) is 13.2 Å². The molecule has 0 unspecified atom stereocenters. The van der Waals surface area contributed by atoms with Crippen molar-refractivity contribution in [3.05, 3.63) is 47.0 Å². The number of halogens is 3. The van der Waals surface area contributed by atoms with E-state index in [1.165, 1.54) is 34.6 Å². The molecule has 0 aliphatic carbocycles. The lowest BCUT2D eigenvalue weighted by molar-refractivity contribution is -0.137. The van der Waals surface area contributed by atoms with Crippen LogP contribution in [0.15, 0.2) is 35.8 Å². The van der Waals surface area contributed by atoms with E-state index in [9.17, 15) is 22.8 Å². The van der Waals surface area contributed by atoms with Crippen molar-refractivity contribution in [3.63, 3.8) is 0 Å². The fourth-order valence-corrected chi connectivity index (χ4v) is 2.73. The van der Waals surface area contributed by atoms with Gasteiger partial charge in [0.2, 0.25) is 5.91 Å². The molecule has 0 aliphatic rings. The summed E-state index contributed by atoms with van der Waals surface area (Å²) < 4.78 is 38.7. The molecule has 0 saturated carbocycles. The van der Waals surface area contributed by atoms with E-state index in [1.54, 1.807) is 26.2 Å². The van der Waals surface area contributed by atoms with Crippen molar-refractivity contribution >= 4 is 28.3 Å². The van der Waals surface area contributed by atoms with Gasteiger partial charge in [0, 0.05) is 22.7 Å². The zero-order valence-corrected chi connectivity index (χ0v) is 15.2. The number of rotatable bonds is 4. The van der Waals surface area contributed by atoms with Crippen LogP contribution in [0.2, 0.25) is 0 Å². The molecule has 1 aromatic heterocycles. The van der Waals surface area contributed by atoms with Gasteiger partial charge in [-0.3, -0.25) is 9.59 Å². The Hall–Kier alpha value is -2.42. The first-order chi connectivity index (χ1) is 12.0. The Morgan fingerprint density at radius 2 is 1.92 bits per heavy atom. The van der Waals surface area contributed by atoms with Crippen LogP contribution in [0.3, 0.4) is 0 Å². The Labute approximate surface area is 152 Å². The smallest absolute Gasteiger partial charge is 0.324 e. The summed E-state index contributed by atoms with van der Waals surface area (Å²) in [5.41, 5.74) is -1.81. The highest BCUT2D eigenvalue weighted by Gasteiger charge is 2.33. The van der Waals surface area contributed by atoms with E-state index in [0.29, 0.717) is 5.13 Å². The molecule has 0 aliphatic heterocycles. The molecule has 0 radical (unpaired) electrons. The first-order valence-corrected chi connectivity index (χ1v) is 8.55. The average Bonchev–Trinajstić information content (AvgIpc) is 3.03. The molecule has 0 bridgehead atoms. The lowest BCUT2D eigenvalue weighted by atomic mass is 10.0. The number of nitrogens with zero attached hydrogens (tertiary/aromatic N) is 2. The Morgan fingerprint density at radius 1 is 1.23 bits per heavy atom. The molecule has 2 aromatic rings. The molecule has 1 aromatic carbocycles. The first-order valence-electron chi connectivity index (χ1n) is 7.67. The summed E-state index contributed by atoms with van der Waals surface area (Å²) in [5.74, 6) is -1.13. The third kappa shape index (κ3) is 5.04. The van der Waals surface area contributed by atoms with Crippen LogP contribution in [-0.2, 0) is 11.0 Å². The van der Waals surface area contributed by atoms with Crippen LogP contribution in [0, 0.1) is 0 Å². The molecule has 2 rings (SSSR count). The normalized spacial score (nSPS) is 11.9. The van der Waals surface area contributed by atoms with E-state index in [0.717, 1.165) is 12.1 Å². The Morgan fingerprint density at radius 3 is 2.46 bits per heavy atom. The van der Waals surface area contributed by atoms with Gasteiger partial charge >= 0.3 is 6.18 Å². The Balaban J connectivity index is 2.24. The van der Waals surface area contributed by atoms with Crippen molar-refractivity contribution in [2.45, 2.75) is 32.5 Å². The van der Waals surface area contributed by atoms with Crippen molar-refractivity contribution in [1.82, 2.24) is 9.88 Å². The molecule has 2 amide bonds. The standard InChI is InChI=1S/C17H18F3N3O2S/c1-16(2,3)23(10-13(24)22-15-21-7-8-26-15)14(25)11-5-4-6-12(9-11)17(18,19)20/h4-9H,10H2,1-3H3,(H,21,22,24). The molecule has 5 nitrogen and oxygen atoms in total. The van der Waals surface area contributed by atoms with Crippen LogP contribution in [0.1, 0.15) is 36.7 Å². The van der Waals surface area contributed by atoms with E-state index >= 15 is 0 Å². The van der Waals surface area contributed by atoms with Crippen molar-refractivity contribution in [2.75, 3.05) is 11.9 Å². The number of alkyl halides is 3. The molecule has 9 heteroatoms. The maximum atomic E-state index is 12.9. The lowest BCUT2D eigenvalue weighted by Gasteiger charge is -2.35. The molecule has 0 spiro atoms. The quantitative estimate of drug-likeness (QED) is 0.864. The topological polar surface area (TPSA) is 62.3 Å². The lowest BCUT2D eigenvalue weighted by Crippen LogP contribution is -2.49. The fourth-order valence-electron chi connectivity index (χ4n) is 2.19.